The Bertz CT molecular complexity index is 1300. The van der Waals surface area contributed by atoms with Crippen LogP contribution in [0, 0.1) is 0 Å². The Morgan fingerprint density at radius 1 is 0.971 bits per heavy atom. The highest BCUT2D eigenvalue weighted by molar-refractivity contribution is 5.93. The van der Waals surface area contributed by atoms with Gasteiger partial charge in [0.25, 0.3) is 5.91 Å². The Morgan fingerprint density at radius 2 is 1.68 bits per heavy atom. The summed E-state index contributed by atoms with van der Waals surface area (Å²) in [6.45, 7) is 0.632. The zero-order valence-electron chi connectivity index (χ0n) is 18.5. The van der Waals surface area contributed by atoms with E-state index < -0.39 is 11.6 Å². The van der Waals surface area contributed by atoms with Crippen molar-refractivity contribution < 1.29 is 9.53 Å². The number of nitrogens with zero attached hydrogens (tertiary/aromatic N) is 2. The predicted molar refractivity (Wildman–Crippen MR) is 132 cm³/mol. The number of hydrogen-bond donors (Lipinski definition) is 2. The van der Waals surface area contributed by atoms with Crippen LogP contribution in [0.5, 0.6) is 5.75 Å². The minimum absolute atomic E-state index is 0.0789. The van der Waals surface area contributed by atoms with E-state index in [2.05, 4.69) is 32.6 Å². The van der Waals surface area contributed by atoms with Crippen LogP contribution in [-0.2, 0) is 6.42 Å². The first kappa shape index (κ1) is 22.7. The van der Waals surface area contributed by atoms with Gasteiger partial charge in [0.2, 0.25) is 0 Å². The average molecular weight is 453 g/mol. The number of aryl methyl sites for hydroxylation is 1. The van der Waals surface area contributed by atoms with E-state index in [9.17, 15) is 9.59 Å². The van der Waals surface area contributed by atoms with Gasteiger partial charge in [-0.1, -0.05) is 60.7 Å². The van der Waals surface area contributed by atoms with Crippen LogP contribution in [0.25, 0.3) is 11.3 Å². The minimum atomic E-state index is -0.602. The van der Waals surface area contributed by atoms with E-state index in [-0.39, 0.29) is 5.69 Å². The van der Waals surface area contributed by atoms with Gasteiger partial charge in [0.05, 0.1) is 18.5 Å². The highest BCUT2D eigenvalue weighted by Gasteiger charge is 2.10. The molecule has 1 heterocycles. The van der Waals surface area contributed by atoms with Crippen LogP contribution in [0.15, 0.2) is 101 Å². The van der Waals surface area contributed by atoms with Gasteiger partial charge in [0.1, 0.15) is 11.4 Å². The number of nitrogens with one attached hydrogen (secondary N) is 2. The molecule has 0 unspecified atom stereocenters. The number of rotatable bonds is 9. The lowest BCUT2D eigenvalue weighted by Gasteiger charge is -2.06. The van der Waals surface area contributed by atoms with Crippen LogP contribution in [0.3, 0.4) is 0 Å². The Morgan fingerprint density at radius 3 is 2.41 bits per heavy atom. The third-order valence-electron chi connectivity index (χ3n) is 5.04. The lowest BCUT2D eigenvalue weighted by Crippen LogP contribution is -2.24. The van der Waals surface area contributed by atoms with Crippen molar-refractivity contribution in [3.8, 4) is 17.0 Å². The zero-order chi connectivity index (χ0) is 23.6. The van der Waals surface area contributed by atoms with E-state index in [1.54, 1.807) is 0 Å². The van der Waals surface area contributed by atoms with Gasteiger partial charge < -0.3 is 9.72 Å². The molecule has 0 fully saturated rings. The summed E-state index contributed by atoms with van der Waals surface area (Å²) in [4.78, 5) is 30.7. The molecule has 4 rings (SSSR count). The molecule has 7 heteroatoms. The molecule has 7 nitrogen and oxygen atoms in total. The van der Waals surface area contributed by atoms with Crippen molar-refractivity contribution in [1.29, 1.82) is 0 Å². The molecular weight excluding hydrogens is 428 g/mol. The molecule has 170 valence electrons. The average Bonchev–Trinajstić information content (AvgIpc) is 2.88. The number of carbonyl (C=O) groups excluding carboxylic acids is 1. The van der Waals surface area contributed by atoms with Gasteiger partial charge >= 0.3 is 5.69 Å². The fraction of sp³-hybridized carbons (Fsp3) is 0.111. The predicted octanol–water partition coefficient (Wildman–Crippen LogP) is 4.21. The SMILES string of the molecule is O=C(N/N=C/c1ccc(OCCCc2ccccc2)cc1)c1cc(-c2ccccc2)nc(=O)[nH]1. The van der Waals surface area contributed by atoms with Crippen molar-refractivity contribution in [3.05, 3.63) is 118 Å². The van der Waals surface area contributed by atoms with Crippen LogP contribution in [-0.4, -0.2) is 28.7 Å². The van der Waals surface area contributed by atoms with Crippen molar-refractivity contribution in [2.24, 2.45) is 5.10 Å². The van der Waals surface area contributed by atoms with Crippen LogP contribution in [0.2, 0.25) is 0 Å². The molecule has 0 aliphatic rings. The second kappa shape index (κ2) is 11.4. The van der Waals surface area contributed by atoms with Crippen LogP contribution < -0.4 is 15.9 Å². The summed E-state index contributed by atoms with van der Waals surface area (Å²) < 4.78 is 5.79. The van der Waals surface area contributed by atoms with Crippen molar-refractivity contribution >= 4 is 12.1 Å². The van der Waals surface area contributed by atoms with Gasteiger partial charge in [0.15, 0.2) is 0 Å². The van der Waals surface area contributed by atoms with Gasteiger partial charge in [-0.25, -0.2) is 10.2 Å². The fourth-order valence-electron chi connectivity index (χ4n) is 3.32. The lowest BCUT2D eigenvalue weighted by atomic mass is 10.1. The van der Waals surface area contributed by atoms with Crippen LogP contribution >= 0.6 is 0 Å². The number of carbonyl (C=O) groups is 1. The van der Waals surface area contributed by atoms with E-state index in [0.717, 1.165) is 29.7 Å². The number of amides is 1. The molecule has 0 saturated heterocycles. The molecular formula is C27H24N4O3. The molecule has 0 aliphatic carbocycles. The summed E-state index contributed by atoms with van der Waals surface area (Å²) in [6.07, 6.45) is 3.43. The molecule has 0 spiro atoms. The summed E-state index contributed by atoms with van der Waals surface area (Å²) >= 11 is 0. The number of hydrogen-bond acceptors (Lipinski definition) is 5. The number of aromatic amines is 1. The molecule has 0 aliphatic heterocycles. The van der Waals surface area contributed by atoms with Crippen molar-refractivity contribution in [2.75, 3.05) is 6.61 Å². The molecule has 1 aromatic heterocycles. The van der Waals surface area contributed by atoms with Crippen LogP contribution in [0.4, 0.5) is 0 Å². The van der Waals surface area contributed by atoms with E-state index in [4.69, 9.17) is 4.74 Å². The van der Waals surface area contributed by atoms with Crippen molar-refractivity contribution in [3.63, 3.8) is 0 Å². The summed E-state index contributed by atoms with van der Waals surface area (Å²) in [7, 11) is 0. The van der Waals surface area contributed by atoms with E-state index in [0.29, 0.717) is 12.3 Å². The maximum Gasteiger partial charge on any atom is 0.346 e. The van der Waals surface area contributed by atoms with Gasteiger partial charge in [-0.15, -0.1) is 0 Å². The molecule has 34 heavy (non-hydrogen) atoms. The van der Waals surface area contributed by atoms with Crippen LogP contribution in [0.1, 0.15) is 28.0 Å². The molecule has 0 atom stereocenters. The third-order valence-corrected chi connectivity index (χ3v) is 5.04. The molecule has 0 saturated carbocycles. The topological polar surface area (TPSA) is 96.4 Å². The maximum absolute atomic E-state index is 12.4. The largest absolute Gasteiger partial charge is 0.494 e. The monoisotopic (exact) mass is 452 g/mol. The third kappa shape index (κ3) is 6.49. The second-order valence-corrected chi connectivity index (χ2v) is 7.56. The standard InChI is InChI=1S/C27H24N4O3/c32-26(25-18-24(29-27(33)30-25)22-11-5-2-6-12-22)31-28-19-21-13-15-23(16-14-21)34-17-7-10-20-8-3-1-4-9-20/h1-6,8-9,11-16,18-19H,7,10,17H2,(H,31,32)(H,29,30,33)/b28-19+. The van der Waals surface area contributed by atoms with E-state index in [1.807, 2.05) is 72.8 Å². The first-order valence-corrected chi connectivity index (χ1v) is 10.9. The number of hydrazone groups is 1. The minimum Gasteiger partial charge on any atom is -0.494 e. The highest BCUT2D eigenvalue weighted by Crippen LogP contribution is 2.15. The number of benzene rings is 3. The summed E-state index contributed by atoms with van der Waals surface area (Å²) in [5, 5.41) is 3.98. The quantitative estimate of drug-likeness (QED) is 0.226. The van der Waals surface area contributed by atoms with E-state index >= 15 is 0 Å². The fourth-order valence-corrected chi connectivity index (χ4v) is 3.32. The summed E-state index contributed by atoms with van der Waals surface area (Å²) in [6, 6.07) is 28.4. The Balaban J connectivity index is 1.28. The smallest absolute Gasteiger partial charge is 0.346 e. The van der Waals surface area contributed by atoms with Crippen molar-refractivity contribution in [1.82, 2.24) is 15.4 Å². The number of ether oxygens (including phenoxy) is 1. The van der Waals surface area contributed by atoms with Gasteiger partial charge in [-0.05, 0) is 54.3 Å². The highest BCUT2D eigenvalue weighted by atomic mass is 16.5. The van der Waals surface area contributed by atoms with Crippen molar-refractivity contribution in [2.45, 2.75) is 12.8 Å². The molecule has 0 radical (unpaired) electrons. The van der Waals surface area contributed by atoms with E-state index in [1.165, 1.54) is 17.8 Å². The Labute approximate surface area is 197 Å². The first-order valence-electron chi connectivity index (χ1n) is 10.9. The Kier molecular flexibility index (Phi) is 7.58. The molecule has 0 bridgehead atoms. The normalized spacial score (nSPS) is 10.8. The molecule has 1 amide bonds. The summed E-state index contributed by atoms with van der Waals surface area (Å²) in [5.41, 5.74) is 5.16. The summed E-state index contributed by atoms with van der Waals surface area (Å²) in [5.74, 6) is 0.239. The number of aromatic nitrogens is 2. The number of H-pyrrole nitrogens is 1. The maximum atomic E-state index is 12.4. The second-order valence-electron chi connectivity index (χ2n) is 7.56. The van der Waals surface area contributed by atoms with Gasteiger partial charge in [0, 0.05) is 5.56 Å². The first-order chi connectivity index (χ1) is 16.7. The lowest BCUT2D eigenvalue weighted by molar-refractivity contribution is 0.0949. The molecule has 4 aromatic rings. The molecule has 3 aromatic carbocycles. The molecule has 2 N–H and O–H groups in total. The Hall–Kier alpha value is -4.52. The van der Waals surface area contributed by atoms with Gasteiger partial charge in [-0.3, -0.25) is 4.79 Å². The zero-order valence-corrected chi connectivity index (χ0v) is 18.5. The van der Waals surface area contributed by atoms with Gasteiger partial charge in [-0.2, -0.15) is 10.1 Å².